The molecule has 0 aromatic rings. The molecule has 1 unspecified atom stereocenters. The Labute approximate surface area is 113 Å². The summed E-state index contributed by atoms with van der Waals surface area (Å²) in [7, 11) is 0. The third-order valence-corrected chi connectivity index (χ3v) is 4.64. The zero-order chi connectivity index (χ0) is 13.0. The molecule has 0 radical (unpaired) electrons. The van der Waals surface area contributed by atoms with Crippen molar-refractivity contribution in [1.29, 1.82) is 0 Å². The van der Waals surface area contributed by atoms with Gasteiger partial charge in [0.25, 0.3) is 0 Å². The van der Waals surface area contributed by atoms with E-state index in [0.29, 0.717) is 6.04 Å². The molecule has 0 aromatic heterocycles. The van der Waals surface area contributed by atoms with Gasteiger partial charge in [0.2, 0.25) is 0 Å². The third kappa shape index (κ3) is 3.46. The van der Waals surface area contributed by atoms with E-state index in [-0.39, 0.29) is 0 Å². The van der Waals surface area contributed by atoms with E-state index < -0.39 is 0 Å². The number of nitrogens with one attached hydrogen (secondary N) is 1. The fraction of sp³-hybridized carbons (Fsp3) is 1.00. The Morgan fingerprint density at radius 1 is 1.17 bits per heavy atom. The molecule has 106 valence electrons. The van der Waals surface area contributed by atoms with E-state index in [1.165, 1.54) is 58.4 Å². The van der Waals surface area contributed by atoms with Crippen molar-refractivity contribution in [3.8, 4) is 0 Å². The Balaban J connectivity index is 1.89. The SMILES string of the molecule is CCCN(C1CCCN(C(C)C)CC1)C1CNC1. The van der Waals surface area contributed by atoms with Gasteiger partial charge >= 0.3 is 0 Å². The number of hydrogen-bond acceptors (Lipinski definition) is 3. The summed E-state index contributed by atoms with van der Waals surface area (Å²) in [6.07, 6.45) is 5.44. The zero-order valence-electron chi connectivity index (χ0n) is 12.5. The summed E-state index contributed by atoms with van der Waals surface area (Å²) < 4.78 is 0. The average Bonchev–Trinajstić information content (AvgIpc) is 2.51. The summed E-state index contributed by atoms with van der Waals surface area (Å²) in [5.41, 5.74) is 0. The quantitative estimate of drug-likeness (QED) is 0.808. The normalized spacial score (nSPS) is 27.5. The number of rotatable bonds is 5. The molecular formula is C15H31N3. The Hall–Kier alpha value is -0.120. The van der Waals surface area contributed by atoms with Crippen LogP contribution in [0.4, 0.5) is 0 Å². The lowest BCUT2D eigenvalue weighted by Gasteiger charge is -2.43. The van der Waals surface area contributed by atoms with E-state index in [1.54, 1.807) is 0 Å². The molecule has 2 aliphatic rings. The monoisotopic (exact) mass is 253 g/mol. The minimum atomic E-state index is 0.716. The van der Waals surface area contributed by atoms with Crippen LogP contribution in [0.3, 0.4) is 0 Å². The van der Waals surface area contributed by atoms with Crippen LogP contribution < -0.4 is 5.32 Å². The highest BCUT2D eigenvalue weighted by molar-refractivity contribution is 4.89. The summed E-state index contributed by atoms with van der Waals surface area (Å²) in [6.45, 7) is 13.3. The first kappa shape index (κ1) is 14.3. The van der Waals surface area contributed by atoms with Crippen molar-refractivity contribution < 1.29 is 0 Å². The van der Waals surface area contributed by atoms with Crippen molar-refractivity contribution in [2.45, 2.75) is 64.6 Å². The maximum atomic E-state index is 3.43. The number of likely N-dealkylation sites (tertiary alicyclic amines) is 1. The van der Waals surface area contributed by atoms with Gasteiger partial charge in [-0.25, -0.2) is 0 Å². The van der Waals surface area contributed by atoms with Gasteiger partial charge in [-0.3, -0.25) is 4.90 Å². The molecule has 2 saturated heterocycles. The molecule has 0 amide bonds. The zero-order valence-corrected chi connectivity index (χ0v) is 12.5. The third-order valence-electron chi connectivity index (χ3n) is 4.64. The maximum Gasteiger partial charge on any atom is 0.0348 e. The lowest BCUT2D eigenvalue weighted by molar-refractivity contribution is 0.0847. The van der Waals surface area contributed by atoms with Crippen molar-refractivity contribution in [3.05, 3.63) is 0 Å². The van der Waals surface area contributed by atoms with Gasteiger partial charge in [0.05, 0.1) is 0 Å². The van der Waals surface area contributed by atoms with Gasteiger partial charge in [-0.15, -0.1) is 0 Å². The van der Waals surface area contributed by atoms with E-state index in [9.17, 15) is 0 Å². The molecule has 0 aromatic carbocycles. The van der Waals surface area contributed by atoms with Crippen molar-refractivity contribution in [3.63, 3.8) is 0 Å². The van der Waals surface area contributed by atoms with E-state index in [2.05, 4.69) is 35.9 Å². The van der Waals surface area contributed by atoms with Crippen LogP contribution in [0.2, 0.25) is 0 Å². The smallest absolute Gasteiger partial charge is 0.0348 e. The van der Waals surface area contributed by atoms with Gasteiger partial charge in [0.15, 0.2) is 0 Å². The van der Waals surface area contributed by atoms with Gasteiger partial charge in [0, 0.05) is 31.2 Å². The molecule has 2 heterocycles. The highest BCUT2D eigenvalue weighted by atomic mass is 15.3. The maximum absolute atomic E-state index is 3.43. The predicted molar refractivity (Wildman–Crippen MR) is 78.0 cm³/mol. The second-order valence-corrected chi connectivity index (χ2v) is 6.26. The van der Waals surface area contributed by atoms with Crippen LogP contribution in [0, 0.1) is 0 Å². The topological polar surface area (TPSA) is 18.5 Å². The van der Waals surface area contributed by atoms with Crippen molar-refractivity contribution in [1.82, 2.24) is 15.1 Å². The summed E-state index contributed by atoms with van der Waals surface area (Å²) in [6, 6.07) is 2.37. The van der Waals surface area contributed by atoms with Gasteiger partial charge in [-0.05, 0) is 59.2 Å². The number of hydrogen-bond donors (Lipinski definition) is 1. The molecule has 2 fully saturated rings. The van der Waals surface area contributed by atoms with Crippen LogP contribution in [0.5, 0.6) is 0 Å². The van der Waals surface area contributed by atoms with Crippen molar-refractivity contribution >= 4 is 0 Å². The van der Waals surface area contributed by atoms with Gasteiger partial charge < -0.3 is 10.2 Å². The lowest BCUT2D eigenvalue weighted by Crippen LogP contribution is -2.60. The average molecular weight is 253 g/mol. The van der Waals surface area contributed by atoms with Crippen LogP contribution in [0.1, 0.15) is 46.5 Å². The van der Waals surface area contributed by atoms with Crippen LogP contribution in [-0.2, 0) is 0 Å². The first-order chi connectivity index (χ1) is 8.72. The number of nitrogens with zero attached hydrogens (tertiary/aromatic N) is 2. The largest absolute Gasteiger partial charge is 0.314 e. The van der Waals surface area contributed by atoms with Crippen LogP contribution in [0.15, 0.2) is 0 Å². The van der Waals surface area contributed by atoms with E-state index in [0.717, 1.165) is 12.1 Å². The molecule has 2 aliphatic heterocycles. The molecule has 18 heavy (non-hydrogen) atoms. The Kier molecular flexibility index (Phi) is 5.46. The molecule has 1 atom stereocenters. The standard InChI is InChI=1S/C15H31N3/c1-4-8-18(15-11-16-12-15)14-6-5-9-17(10-7-14)13(2)3/h13-16H,4-12H2,1-3H3. The molecule has 0 spiro atoms. The first-order valence-corrected chi connectivity index (χ1v) is 7.93. The van der Waals surface area contributed by atoms with E-state index >= 15 is 0 Å². The Morgan fingerprint density at radius 3 is 2.50 bits per heavy atom. The molecule has 0 saturated carbocycles. The van der Waals surface area contributed by atoms with Crippen LogP contribution in [-0.4, -0.2) is 60.6 Å². The highest BCUT2D eigenvalue weighted by Crippen LogP contribution is 2.22. The molecule has 0 aliphatic carbocycles. The fourth-order valence-corrected chi connectivity index (χ4v) is 3.38. The second kappa shape index (κ2) is 6.88. The Bertz CT molecular complexity index is 238. The van der Waals surface area contributed by atoms with E-state index in [1.807, 2.05) is 0 Å². The highest BCUT2D eigenvalue weighted by Gasteiger charge is 2.31. The minimum Gasteiger partial charge on any atom is -0.314 e. The van der Waals surface area contributed by atoms with Crippen LogP contribution >= 0.6 is 0 Å². The predicted octanol–water partition coefficient (Wildman–Crippen LogP) is 1.93. The molecule has 3 nitrogen and oxygen atoms in total. The lowest BCUT2D eigenvalue weighted by atomic mass is 10.0. The van der Waals surface area contributed by atoms with Crippen molar-refractivity contribution in [2.24, 2.45) is 0 Å². The summed E-state index contributed by atoms with van der Waals surface area (Å²) in [5.74, 6) is 0. The summed E-state index contributed by atoms with van der Waals surface area (Å²) in [4.78, 5) is 5.46. The van der Waals surface area contributed by atoms with Gasteiger partial charge in [-0.2, -0.15) is 0 Å². The summed E-state index contributed by atoms with van der Waals surface area (Å²) in [5, 5.41) is 3.43. The molecule has 0 bridgehead atoms. The molecule has 2 rings (SSSR count). The first-order valence-electron chi connectivity index (χ1n) is 7.93. The minimum absolute atomic E-state index is 0.716. The molecule has 3 heteroatoms. The van der Waals surface area contributed by atoms with E-state index in [4.69, 9.17) is 0 Å². The van der Waals surface area contributed by atoms with Crippen LogP contribution in [0.25, 0.3) is 0 Å². The summed E-state index contributed by atoms with van der Waals surface area (Å²) >= 11 is 0. The van der Waals surface area contributed by atoms with Gasteiger partial charge in [0.1, 0.15) is 0 Å². The second-order valence-electron chi connectivity index (χ2n) is 6.26. The van der Waals surface area contributed by atoms with Gasteiger partial charge in [-0.1, -0.05) is 6.92 Å². The Morgan fingerprint density at radius 2 is 1.94 bits per heavy atom. The van der Waals surface area contributed by atoms with Crippen molar-refractivity contribution in [2.75, 3.05) is 32.7 Å². The fourth-order valence-electron chi connectivity index (χ4n) is 3.38. The molecular weight excluding hydrogens is 222 g/mol. The molecule has 1 N–H and O–H groups in total.